The molecule has 0 atom stereocenters. The van der Waals surface area contributed by atoms with Crippen LogP contribution >= 0.6 is 11.3 Å². The largest absolute Gasteiger partial charge is 0.333 e. The zero-order valence-electron chi connectivity index (χ0n) is 16.0. The summed E-state index contributed by atoms with van der Waals surface area (Å²) in [6, 6.07) is 13.5. The van der Waals surface area contributed by atoms with Crippen molar-refractivity contribution in [2.45, 2.75) is 25.7 Å². The molecule has 9 heteroatoms. The maximum Gasteiger partial charge on any atom is 0.270 e. The van der Waals surface area contributed by atoms with E-state index in [1.165, 1.54) is 11.3 Å². The first-order chi connectivity index (χ1) is 13.8. The van der Waals surface area contributed by atoms with Gasteiger partial charge in [0.25, 0.3) is 15.9 Å². The lowest BCUT2D eigenvalue weighted by molar-refractivity contribution is 0.433. The number of anilines is 1. The van der Waals surface area contributed by atoms with Crippen molar-refractivity contribution in [1.82, 2.24) is 15.1 Å². The topological polar surface area (TPSA) is 98.0 Å². The summed E-state index contributed by atoms with van der Waals surface area (Å²) in [5.41, 5.74) is 3.02. The van der Waals surface area contributed by atoms with Gasteiger partial charge in [-0.1, -0.05) is 22.9 Å². The van der Waals surface area contributed by atoms with Crippen LogP contribution in [0.1, 0.15) is 16.3 Å². The third kappa shape index (κ3) is 4.06. The summed E-state index contributed by atoms with van der Waals surface area (Å²) in [5.74, 6) is 0.852. The maximum absolute atomic E-state index is 12.5. The number of aryl methyl sites for hydroxylation is 3. The predicted molar refractivity (Wildman–Crippen MR) is 112 cm³/mol. The lowest BCUT2D eigenvalue weighted by Crippen LogP contribution is -2.12. The second kappa shape index (κ2) is 7.41. The van der Waals surface area contributed by atoms with Crippen LogP contribution in [0, 0.1) is 20.8 Å². The number of hydrogen-bond acceptors (Lipinski definition) is 7. The van der Waals surface area contributed by atoms with E-state index in [9.17, 15) is 8.42 Å². The van der Waals surface area contributed by atoms with E-state index in [-0.39, 0.29) is 4.90 Å². The Labute approximate surface area is 172 Å². The summed E-state index contributed by atoms with van der Waals surface area (Å²) >= 11 is 1.50. The second-order valence-electron chi connectivity index (χ2n) is 6.57. The number of nitrogens with zero attached hydrogens (tertiary/aromatic N) is 3. The molecular weight excluding hydrogens is 408 g/mol. The lowest BCUT2D eigenvalue weighted by atomic mass is 10.2. The van der Waals surface area contributed by atoms with E-state index in [0.717, 1.165) is 26.7 Å². The number of thiazole rings is 1. The molecule has 148 valence electrons. The van der Waals surface area contributed by atoms with Crippen molar-refractivity contribution < 1.29 is 12.9 Å². The number of benzene rings is 2. The molecule has 0 aliphatic carbocycles. The lowest BCUT2D eigenvalue weighted by Gasteiger charge is -2.08. The van der Waals surface area contributed by atoms with Gasteiger partial charge in [-0.2, -0.15) is 4.98 Å². The van der Waals surface area contributed by atoms with E-state index in [4.69, 9.17) is 4.52 Å². The van der Waals surface area contributed by atoms with Crippen LogP contribution in [0.15, 0.2) is 57.9 Å². The summed E-state index contributed by atoms with van der Waals surface area (Å²) in [6.07, 6.45) is 0. The third-order valence-electron chi connectivity index (χ3n) is 4.25. The van der Waals surface area contributed by atoms with Crippen LogP contribution in [-0.4, -0.2) is 23.5 Å². The minimum atomic E-state index is -3.65. The van der Waals surface area contributed by atoms with Gasteiger partial charge in [-0.25, -0.2) is 13.4 Å². The van der Waals surface area contributed by atoms with Crippen LogP contribution < -0.4 is 4.72 Å². The van der Waals surface area contributed by atoms with E-state index in [1.807, 2.05) is 20.8 Å². The van der Waals surface area contributed by atoms with Crippen LogP contribution in [0.5, 0.6) is 0 Å². The minimum absolute atomic E-state index is 0.213. The molecule has 1 N–H and O–H groups in total. The molecule has 4 rings (SSSR count). The highest BCUT2D eigenvalue weighted by Crippen LogP contribution is 2.30. The van der Waals surface area contributed by atoms with Crippen LogP contribution in [0.2, 0.25) is 0 Å². The number of sulfonamides is 1. The Balaban J connectivity index is 1.54. The first-order valence-corrected chi connectivity index (χ1v) is 11.1. The van der Waals surface area contributed by atoms with Crippen molar-refractivity contribution in [2.75, 3.05) is 4.72 Å². The molecule has 0 saturated carbocycles. The molecule has 2 heterocycles. The number of nitrogens with one attached hydrogen (secondary N) is 1. The fourth-order valence-corrected chi connectivity index (χ4v) is 4.68. The van der Waals surface area contributed by atoms with Crippen molar-refractivity contribution in [3.8, 4) is 22.2 Å². The molecule has 0 spiro atoms. The summed E-state index contributed by atoms with van der Waals surface area (Å²) in [4.78, 5) is 9.87. The van der Waals surface area contributed by atoms with Gasteiger partial charge < -0.3 is 4.52 Å². The predicted octanol–water partition coefficient (Wildman–Crippen LogP) is 4.59. The van der Waals surface area contributed by atoms with E-state index in [1.54, 1.807) is 48.5 Å². The van der Waals surface area contributed by atoms with Crippen molar-refractivity contribution in [2.24, 2.45) is 0 Å². The van der Waals surface area contributed by atoms with Crippen molar-refractivity contribution in [1.29, 1.82) is 0 Å². The Bertz CT molecular complexity index is 1260. The monoisotopic (exact) mass is 426 g/mol. The van der Waals surface area contributed by atoms with Crippen molar-refractivity contribution >= 4 is 27.0 Å². The molecule has 7 nitrogen and oxygen atoms in total. The quantitative estimate of drug-likeness (QED) is 0.501. The molecule has 29 heavy (non-hydrogen) atoms. The van der Waals surface area contributed by atoms with Crippen LogP contribution in [0.3, 0.4) is 0 Å². The highest BCUT2D eigenvalue weighted by Gasteiger charge is 2.17. The highest BCUT2D eigenvalue weighted by atomic mass is 32.2. The van der Waals surface area contributed by atoms with Gasteiger partial charge in [-0.15, -0.1) is 11.3 Å². The molecule has 4 aromatic rings. The Kier molecular flexibility index (Phi) is 4.93. The van der Waals surface area contributed by atoms with E-state index in [0.29, 0.717) is 17.4 Å². The average Bonchev–Trinajstić information content (AvgIpc) is 3.28. The Morgan fingerprint density at radius 1 is 0.931 bits per heavy atom. The van der Waals surface area contributed by atoms with E-state index >= 15 is 0 Å². The fourth-order valence-electron chi connectivity index (χ4n) is 2.78. The highest BCUT2D eigenvalue weighted by molar-refractivity contribution is 7.92. The molecule has 0 radical (unpaired) electrons. The van der Waals surface area contributed by atoms with Crippen LogP contribution in [0.25, 0.3) is 22.2 Å². The zero-order chi connectivity index (χ0) is 20.6. The first kappa shape index (κ1) is 19.3. The van der Waals surface area contributed by atoms with Gasteiger partial charge in [-0.3, -0.25) is 4.72 Å². The Morgan fingerprint density at radius 2 is 1.62 bits per heavy atom. The van der Waals surface area contributed by atoms with Crippen molar-refractivity contribution in [3.05, 3.63) is 64.8 Å². The molecule has 2 aromatic heterocycles. The van der Waals surface area contributed by atoms with Gasteiger partial charge in [0.15, 0.2) is 0 Å². The van der Waals surface area contributed by atoms with Gasteiger partial charge in [-0.05, 0) is 57.2 Å². The molecule has 0 aliphatic heterocycles. The molecule has 0 aliphatic rings. The summed E-state index contributed by atoms with van der Waals surface area (Å²) in [7, 11) is -3.65. The molecule has 0 amide bonds. The number of hydrogen-bond donors (Lipinski definition) is 1. The summed E-state index contributed by atoms with van der Waals surface area (Å²) < 4.78 is 33.0. The minimum Gasteiger partial charge on any atom is -0.333 e. The SMILES string of the molecule is Cc1ccc(S(=O)(=O)Nc2ccc(-c3noc(-c4sc(C)nc4C)n3)cc2)cc1. The third-order valence-corrected chi connectivity index (χ3v) is 6.71. The number of aromatic nitrogens is 3. The molecular formula is C20H18N4O3S2. The number of rotatable bonds is 5. The van der Waals surface area contributed by atoms with E-state index in [2.05, 4.69) is 19.8 Å². The smallest absolute Gasteiger partial charge is 0.270 e. The van der Waals surface area contributed by atoms with Gasteiger partial charge in [0.05, 0.1) is 15.6 Å². The molecule has 0 unspecified atom stereocenters. The Morgan fingerprint density at radius 3 is 2.24 bits per heavy atom. The average molecular weight is 427 g/mol. The van der Waals surface area contributed by atoms with Gasteiger partial charge in [0.1, 0.15) is 4.88 Å². The standard InChI is InChI=1S/C20H18N4O3S2/c1-12-4-10-17(11-5-12)29(25,26)24-16-8-6-15(7-9-16)19-22-20(27-23-19)18-13(2)21-14(3)28-18/h4-11,24H,1-3H3. The fraction of sp³-hybridized carbons (Fsp3) is 0.150. The normalized spacial score (nSPS) is 11.6. The first-order valence-electron chi connectivity index (χ1n) is 8.80. The second-order valence-corrected chi connectivity index (χ2v) is 9.45. The van der Waals surface area contributed by atoms with Crippen LogP contribution in [0.4, 0.5) is 5.69 Å². The summed E-state index contributed by atoms with van der Waals surface area (Å²) in [6.45, 7) is 5.73. The maximum atomic E-state index is 12.5. The molecule has 0 fully saturated rings. The molecule has 0 bridgehead atoms. The van der Waals surface area contributed by atoms with Gasteiger partial charge >= 0.3 is 0 Å². The van der Waals surface area contributed by atoms with Crippen LogP contribution in [-0.2, 0) is 10.0 Å². The molecule has 2 aromatic carbocycles. The van der Waals surface area contributed by atoms with Crippen molar-refractivity contribution in [3.63, 3.8) is 0 Å². The zero-order valence-corrected chi connectivity index (χ0v) is 17.6. The van der Waals surface area contributed by atoms with E-state index < -0.39 is 10.0 Å². The van der Waals surface area contributed by atoms with Gasteiger partial charge in [0.2, 0.25) is 5.82 Å². The molecule has 0 saturated heterocycles. The Hall–Kier alpha value is -3.04. The van der Waals surface area contributed by atoms with Gasteiger partial charge in [0, 0.05) is 11.3 Å². The summed E-state index contributed by atoms with van der Waals surface area (Å²) in [5, 5.41) is 4.96.